The molecule has 2 aromatic carbocycles. The van der Waals surface area contributed by atoms with E-state index in [9.17, 15) is 22.4 Å². The molecule has 12 heteroatoms. The number of carbonyl (C=O) groups is 2. The van der Waals surface area contributed by atoms with Gasteiger partial charge >= 0.3 is 10.2 Å². The lowest BCUT2D eigenvalue weighted by Gasteiger charge is -2.34. The zero-order valence-corrected chi connectivity index (χ0v) is 24.0. The van der Waals surface area contributed by atoms with Crippen LogP contribution in [-0.4, -0.2) is 62.2 Å². The number of anilines is 1. The van der Waals surface area contributed by atoms with E-state index in [-0.39, 0.29) is 30.6 Å². The van der Waals surface area contributed by atoms with Crippen molar-refractivity contribution in [3.63, 3.8) is 0 Å². The van der Waals surface area contributed by atoms with E-state index in [1.165, 1.54) is 31.1 Å². The number of nitrogens with zero attached hydrogens (tertiary/aromatic N) is 3. The van der Waals surface area contributed by atoms with E-state index in [0.29, 0.717) is 15.6 Å². The average molecular weight is 588 g/mol. The third kappa shape index (κ3) is 7.16. The molecule has 1 atom stereocenters. The summed E-state index contributed by atoms with van der Waals surface area (Å²) in [5, 5.41) is 3.67. The second kappa shape index (κ2) is 13.1. The fourth-order valence-corrected chi connectivity index (χ4v) is 6.04. The van der Waals surface area contributed by atoms with Gasteiger partial charge in [-0.15, -0.1) is 0 Å². The maximum Gasteiger partial charge on any atom is 0.304 e. The van der Waals surface area contributed by atoms with Gasteiger partial charge in [-0.1, -0.05) is 49.0 Å². The number of rotatable bonds is 11. The minimum absolute atomic E-state index is 0.0298. The summed E-state index contributed by atoms with van der Waals surface area (Å²) in [6, 6.07) is 8.86. The predicted molar refractivity (Wildman–Crippen MR) is 148 cm³/mol. The normalized spacial score (nSPS) is 14.9. The van der Waals surface area contributed by atoms with E-state index < -0.39 is 34.5 Å². The molecule has 0 aliphatic heterocycles. The first kappa shape index (κ1) is 30.1. The van der Waals surface area contributed by atoms with Crippen molar-refractivity contribution in [2.45, 2.75) is 57.7 Å². The number of benzene rings is 2. The Labute approximate surface area is 233 Å². The number of amides is 2. The van der Waals surface area contributed by atoms with Crippen molar-refractivity contribution in [3.05, 3.63) is 63.9 Å². The molecule has 1 N–H and O–H groups in total. The van der Waals surface area contributed by atoms with Gasteiger partial charge in [0.15, 0.2) is 0 Å². The summed E-state index contributed by atoms with van der Waals surface area (Å²) in [5.74, 6) is -1.50. The van der Waals surface area contributed by atoms with Crippen LogP contribution in [0, 0.1) is 5.82 Å². The van der Waals surface area contributed by atoms with Crippen molar-refractivity contribution in [1.82, 2.24) is 14.5 Å². The van der Waals surface area contributed by atoms with Gasteiger partial charge in [0, 0.05) is 42.3 Å². The quantitative estimate of drug-likeness (QED) is 0.416. The number of halogens is 3. The van der Waals surface area contributed by atoms with Gasteiger partial charge in [-0.2, -0.15) is 12.7 Å². The van der Waals surface area contributed by atoms with Crippen molar-refractivity contribution < 1.29 is 22.4 Å². The van der Waals surface area contributed by atoms with Crippen molar-refractivity contribution in [2.75, 3.05) is 24.9 Å². The Morgan fingerprint density at radius 2 is 1.63 bits per heavy atom. The molecule has 2 aromatic rings. The van der Waals surface area contributed by atoms with Gasteiger partial charge in [-0.3, -0.25) is 9.59 Å². The smallest absolute Gasteiger partial charge is 0.304 e. The second-order valence-corrected chi connectivity index (χ2v) is 12.3. The molecule has 0 spiro atoms. The first-order chi connectivity index (χ1) is 17.9. The molecule has 1 fully saturated rings. The van der Waals surface area contributed by atoms with Crippen molar-refractivity contribution in [1.29, 1.82) is 0 Å². The molecular formula is C26H33Cl2FN4O4S. The summed E-state index contributed by atoms with van der Waals surface area (Å²) < 4.78 is 41.9. The molecule has 38 heavy (non-hydrogen) atoms. The van der Waals surface area contributed by atoms with Crippen LogP contribution in [-0.2, 0) is 26.3 Å². The van der Waals surface area contributed by atoms with Gasteiger partial charge in [-0.25, -0.2) is 8.70 Å². The Hall–Kier alpha value is -2.40. The molecule has 0 aromatic heterocycles. The van der Waals surface area contributed by atoms with E-state index >= 15 is 0 Å². The Morgan fingerprint density at radius 3 is 2.16 bits per heavy atom. The van der Waals surface area contributed by atoms with Crippen molar-refractivity contribution in [3.8, 4) is 0 Å². The maximum absolute atomic E-state index is 13.9. The highest BCUT2D eigenvalue weighted by atomic mass is 35.5. The van der Waals surface area contributed by atoms with Crippen LogP contribution < -0.4 is 9.62 Å². The van der Waals surface area contributed by atoms with Gasteiger partial charge in [0.2, 0.25) is 11.8 Å². The predicted octanol–water partition coefficient (Wildman–Crippen LogP) is 4.61. The Bertz CT molecular complexity index is 1220. The van der Waals surface area contributed by atoms with Gasteiger partial charge in [0.1, 0.15) is 18.4 Å². The third-order valence-electron chi connectivity index (χ3n) is 6.61. The fraction of sp³-hybridized carbons (Fsp3) is 0.462. The zero-order valence-electron chi connectivity index (χ0n) is 21.7. The first-order valence-corrected chi connectivity index (χ1v) is 14.6. The summed E-state index contributed by atoms with van der Waals surface area (Å²) in [6.07, 6.45) is 4.06. The summed E-state index contributed by atoms with van der Waals surface area (Å²) in [5.41, 5.74) is 0.549. The number of hydrogen-bond acceptors (Lipinski definition) is 4. The van der Waals surface area contributed by atoms with E-state index in [1.807, 2.05) is 0 Å². The standard InChI is InChI=1S/C26H33Cl2FN4O4S/c1-4-24(26(35)30-19-8-5-6-9-19)32(16-21-22(27)10-7-11-23(21)28)25(34)17-33(38(36,37)31(2)3)20-14-12-18(29)13-15-20/h7,10-15,19,24H,4-6,8-9,16-17H2,1-3H3,(H,30,35). The Balaban J connectivity index is 2.00. The first-order valence-electron chi connectivity index (χ1n) is 12.4. The molecule has 0 radical (unpaired) electrons. The molecule has 0 heterocycles. The van der Waals surface area contributed by atoms with Crippen LogP contribution in [0.3, 0.4) is 0 Å². The molecule has 8 nitrogen and oxygen atoms in total. The molecular weight excluding hydrogens is 554 g/mol. The van der Waals surface area contributed by atoms with Crippen LogP contribution in [0.1, 0.15) is 44.6 Å². The molecule has 1 unspecified atom stereocenters. The summed E-state index contributed by atoms with van der Waals surface area (Å²) >= 11 is 12.8. The number of nitrogens with one attached hydrogen (secondary N) is 1. The zero-order chi connectivity index (χ0) is 28.0. The number of hydrogen-bond donors (Lipinski definition) is 1. The van der Waals surface area contributed by atoms with Crippen molar-refractivity contribution >= 4 is 50.9 Å². The van der Waals surface area contributed by atoms with Gasteiger partial charge in [-0.05, 0) is 55.7 Å². The third-order valence-corrected chi connectivity index (χ3v) is 9.14. The van der Waals surface area contributed by atoms with Gasteiger partial charge < -0.3 is 10.2 Å². The van der Waals surface area contributed by atoms with E-state index in [2.05, 4.69) is 5.32 Å². The van der Waals surface area contributed by atoms with Crippen LogP contribution in [0.15, 0.2) is 42.5 Å². The summed E-state index contributed by atoms with van der Waals surface area (Å²) in [7, 11) is -1.48. The SMILES string of the molecule is CCC(C(=O)NC1CCCC1)N(Cc1c(Cl)cccc1Cl)C(=O)CN(c1ccc(F)cc1)S(=O)(=O)N(C)C. The van der Waals surface area contributed by atoms with Gasteiger partial charge in [0.05, 0.1) is 5.69 Å². The molecule has 0 saturated heterocycles. The topological polar surface area (TPSA) is 90.0 Å². The van der Waals surface area contributed by atoms with Crippen LogP contribution in [0.2, 0.25) is 10.0 Å². The minimum atomic E-state index is -4.15. The largest absolute Gasteiger partial charge is 0.352 e. The summed E-state index contributed by atoms with van der Waals surface area (Å²) in [4.78, 5) is 28.6. The highest BCUT2D eigenvalue weighted by Gasteiger charge is 2.35. The molecule has 1 aliphatic carbocycles. The molecule has 1 saturated carbocycles. The average Bonchev–Trinajstić information content (AvgIpc) is 3.37. The molecule has 3 rings (SSSR count). The maximum atomic E-state index is 13.9. The summed E-state index contributed by atoms with van der Waals surface area (Å²) in [6.45, 7) is 1.05. The Kier molecular flexibility index (Phi) is 10.4. The van der Waals surface area contributed by atoms with Crippen LogP contribution >= 0.6 is 23.2 Å². The lowest BCUT2D eigenvalue weighted by Crippen LogP contribution is -2.54. The lowest BCUT2D eigenvalue weighted by molar-refractivity contribution is -0.140. The van der Waals surface area contributed by atoms with Crippen LogP contribution in [0.5, 0.6) is 0 Å². The highest BCUT2D eigenvalue weighted by Crippen LogP contribution is 2.28. The fourth-order valence-electron chi connectivity index (χ4n) is 4.46. The van der Waals surface area contributed by atoms with E-state index in [4.69, 9.17) is 23.2 Å². The molecule has 2 amide bonds. The Morgan fingerprint density at radius 1 is 1.05 bits per heavy atom. The van der Waals surface area contributed by atoms with Crippen LogP contribution in [0.25, 0.3) is 0 Å². The lowest BCUT2D eigenvalue weighted by atomic mass is 10.1. The van der Waals surface area contributed by atoms with E-state index in [1.54, 1.807) is 25.1 Å². The van der Waals surface area contributed by atoms with Crippen molar-refractivity contribution in [2.24, 2.45) is 0 Å². The number of carbonyl (C=O) groups excluding carboxylic acids is 2. The monoisotopic (exact) mass is 586 g/mol. The van der Waals surface area contributed by atoms with E-state index in [0.717, 1.165) is 46.4 Å². The molecule has 208 valence electrons. The van der Waals surface area contributed by atoms with Gasteiger partial charge in [0.25, 0.3) is 0 Å². The second-order valence-electron chi connectivity index (χ2n) is 9.41. The minimum Gasteiger partial charge on any atom is -0.352 e. The molecule has 0 bridgehead atoms. The molecule has 1 aliphatic rings. The highest BCUT2D eigenvalue weighted by molar-refractivity contribution is 7.90. The van der Waals surface area contributed by atoms with Crippen LogP contribution in [0.4, 0.5) is 10.1 Å².